The maximum absolute atomic E-state index is 15.1. The average molecular weight is 862 g/mol. The van der Waals surface area contributed by atoms with Gasteiger partial charge in [0.15, 0.2) is 0 Å². The van der Waals surface area contributed by atoms with E-state index in [2.05, 4.69) is 15.4 Å². The van der Waals surface area contributed by atoms with Gasteiger partial charge in [-0.1, -0.05) is 54.6 Å². The molecule has 0 saturated heterocycles. The Morgan fingerprint density at radius 3 is 1.77 bits per heavy atom. The van der Waals surface area contributed by atoms with Gasteiger partial charge in [0, 0.05) is 30.7 Å². The van der Waals surface area contributed by atoms with Crippen molar-refractivity contribution in [2.24, 2.45) is 0 Å². The zero-order valence-electron chi connectivity index (χ0n) is 30.3. The van der Waals surface area contributed by atoms with Crippen LogP contribution in [-0.2, 0) is 18.1 Å². The quantitative estimate of drug-likeness (QED) is 0.0911. The molecule has 0 bridgehead atoms. The molecular weight excluding hydrogens is 833 g/mol. The van der Waals surface area contributed by atoms with Crippen LogP contribution in [0.3, 0.4) is 0 Å². The molecule has 1 unspecified atom stereocenters. The molecule has 0 heterocycles. The van der Waals surface area contributed by atoms with Gasteiger partial charge in [-0.25, -0.2) is 13.2 Å². The van der Waals surface area contributed by atoms with E-state index in [1.54, 1.807) is 12.1 Å². The summed E-state index contributed by atoms with van der Waals surface area (Å²) in [7, 11) is 1.17. The Morgan fingerprint density at radius 1 is 0.617 bits per heavy atom. The highest BCUT2D eigenvalue weighted by atomic mass is 19.4. The molecule has 0 saturated carbocycles. The summed E-state index contributed by atoms with van der Waals surface area (Å²) in [6.45, 7) is 0. The molecule has 0 aliphatic heterocycles. The van der Waals surface area contributed by atoms with Crippen molar-refractivity contribution in [3.05, 3.63) is 172 Å². The van der Waals surface area contributed by atoms with Crippen molar-refractivity contribution in [3.8, 4) is 5.75 Å². The summed E-state index contributed by atoms with van der Waals surface area (Å²) in [6, 6.07) is 20.5. The van der Waals surface area contributed by atoms with E-state index in [4.69, 9.17) is 0 Å². The van der Waals surface area contributed by atoms with Gasteiger partial charge in [-0.2, -0.15) is 43.9 Å². The number of halogens is 13. The lowest BCUT2D eigenvalue weighted by Crippen LogP contribution is -2.49. The van der Waals surface area contributed by atoms with Crippen LogP contribution in [0.2, 0.25) is 0 Å². The molecule has 5 aromatic carbocycles. The summed E-state index contributed by atoms with van der Waals surface area (Å²) in [5, 5.41) is 5.52. The predicted octanol–water partition coefficient (Wildman–Crippen LogP) is 9.57. The highest BCUT2D eigenvalue weighted by Gasteiger charge is 2.45. The molecule has 20 heteroatoms. The first-order chi connectivity index (χ1) is 28.0. The third-order valence-corrected chi connectivity index (χ3v) is 8.27. The minimum atomic E-state index is -5.23. The van der Waals surface area contributed by atoms with Gasteiger partial charge in [-0.05, 0) is 71.3 Å². The third-order valence-electron chi connectivity index (χ3n) is 8.27. The standard InChI is InChI=1S/C32H22F10N2O3.C8H6F3NO/c1-43-28(46)23-14-19(8-10-25(23)34)30(16-17-5-3-2-4-6-17,20-12-21(33)15-22(13-20)47-32(41,42)29(36)37)44-27(45)18-7-9-26(35)24(11-18)31(38,39)40;9-8(10,11)12-7(13)6-4-2-1-3-5-6/h2-15,29H,16H2,1H3,(H,43,46)(H,44,45);1-5H,(H,12,13). The Labute approximate surface area is 331 Å². The maximum Gasteiger partial charge on any atom is 0.484 e. The monoisotopic (exact) mass is 861 g/mol. The van der Waals surface area contributed by atoms with Crippen molar-refractivity contribution >= 4 is 17.7 Å². The van der Waals surface area contributed by atoms with Crippen LogP contribution in [0.25, 0.3) is 0 Å². The summed E-state index contributed by atoms with van der Waals surface area (Å²) in [4.78, 5) is 37.1. The minimum Gasteiger partial charge on any atom is -0.428 e. The van der Waals surface area contributed by atoms with Crippen LogP contribution in [-0.4, -0.2) is 43.6 Å². The van der Waals surface area contributed by atoms with Crippen LogP contribution in [0.1, 0.15) is 53.3 Å². The zero-order valence-corrected chi connectivity index (χ0v) is 30.3. The normalized spacial score (nSPS) is 12.7. The Bertz CT molecular complexity index is 2310. The summed E-state index contributed by atoms with van der Waals surface area (Å²) < 4.78 is 177. The van der Waals surface area contributed by atoms with Gasteiger partial charge in [-0.15, -0.1) is 0 Å². The average Bonchev–Trinajstić information content (AvgIpc) is 3.17. The van der Waals surface area contributed by atoms with Crippen molar-refractivity contribution in [2.75, 3.05) is 7.05 Å². The number of ether oxygens (including phenoxy) is 1. The molecule has 3 amide bonds. The molecule has 0 fully saturated rings. The number of benzene rings is 5. The number of nitrogens with one attached hydrogen (secondary N) is 3. The van der Waals surface area contributed by atoms with Crippen molar-refractivity contribution in [3.63, 3.8) is 0 Å². The molecule has 0 aliphatic rings. The summed E-state index contributed by atoms with van der Waals surface area (Å²) in [6.07, 6.45) is -19.8. The predicted molar refractivity (Wildman–Crippen MR) is 188 cm³/mol. The van der Waals surface area contributed by atoms with E-state index >= 15 is 4.39 Å². The Morgan fingerprint density at radius 2 is 1.20 bits per heavy atom. The number of rotatable bonds is 11. The third kappa shape index (κ3) is 11.8. The lowest BCUT2D eigenvalue weighted by atomic mass is 9.77. The molecule has 0 aromatic heterocycles. The number of amides is 3. The largest absolute Gasteiger partial charge is 0.484 e. The Hall–Kier alpha value is -6.60. The molecule has 0 aliphatic carbocycles. The van der Waals surface area contributed by atoms with E-state index in [1.807, 2.05) is 0 Å². The van der Waals surface area contributed by atoms with E-state index in [0.717, 1.165) is 23.5 Å². The van der Waals surface area contributed by atoms with Gasteiger partial charge in [0.25, 0.3) is 17.7 Å². The lowest BCUT2D eigenvalue weighted by Gasteiger charge is -2.37. The highest BCUT2D eigenvalue weighted by Crippen LogP contribution is 2.39. The minimum absolute atomic E-state index is 0.0141. The second kappa shape index (κ2) is 18.5. The Balaban J connectivity index is 0.000000519. The molecule has 0 spiro atoms. The number of alkyl halides is 10. The molecular formula is C40H28F13N3O4. The first-order valence-electron chi connectivity index (χ1n) is 16.8. The number of carbonyl (C=O) groups excluding carboxylic acids is 3. The van der Waals surface area contributed by atoms with Crippen LogP contribution in [0, 0.1) is 17.5 Å². The number of hydrogen-bond donors (Lipinski definition) is 3. The van der Waals surface area contributed by atoms with Crippen molar-refractivity contribution < 1.29 is 76.2 Å². The summed E-state index contributed by atoms with van der Waals surface area (Å²) >= 11 is 0. The molecule has 3 N–H and O–H groups in total. The van der Waals surface area contributed by atoms with Crippen molar-refractivity contribution in [2.45, 2.75) is 37.0 Å². The molecule has 60 heavy (non-hydrogen) atoms. The van der Waals surface area contributed by atoms with Crippen LogP contribution in [0.5, 0.6) is 5.75 Å². The molecule has 5 aromatic rings. The fraction of sp³-hybridized carbons (Fsp3) is 0.175. The van der Waals surface area contributed by atoms with E-state index in [1.165, 1.54) is 55.6 Å². The van der Waals surface area contributed by atoms with Gasteiger partial charge < -0.3 is 15.4 Å². The number of carbonyl (C=O) groups is 3. The second-order valence-corrected chi connectivity index (χ2v) is 12.4. The summed E-state index contributed by atoms with van der Waals surface area (Å²) in [5.74, 6) is -8.73. The van der Waals surface area contributed by atoms with Crippen LogP contribution >= 0.6 is 0 Å². The SMILES string of the molecule is CNC(=O)c1cc(C(Cc2ccccc2)(NC(=O)c2ccc(F)c(C(F)(F)F)c2)c2cc(F)cc(OC(F)(F)C(F)F)c2)ccc1F.O=C(NC(F)(F)F)c1ccccc1. The van der Waals surface area contributed by atoms with Gasteiger partial charge in [0.2, 0.25) is 0 Å². The zero-order chi connectivity index (χ0) is 44.6. The Kier molecular flexibility index (Phi) is 14.2. The van der Waals surface area contributed by atoms with Gasteiger partial charge in [0.05, 0.1) is 16.7 Å². The van der Waals surface area contributed by atoms with Crippen molar-refractivity contribution in [1.82, 2.24) is 16.0 Å². The van der Waals surface area contributed by atoms with Crippen LogP contribution < -0.4 is 20.7 Å². The molecule has 1 atom stereocenters. The van der Waals surface area contributed by atoms with E-state index in [0.29, 0.717) is 35.9 Å². The highest BCUT2D eigenvalue weighted by molar-refractivity contribution is 5.96. The fourth-order valence-corrected chi connectivity index (χ4v) is 5.57. The molecule has 0 radical (unpaired) electrons. The van der Waals surface area contributed by atoms with E-state index in [-0.39, 0.29) is 17.2 Å². The first kappa shape index (κ1) is 46.1. The fourth-order valence-electron chi connectivity index (χ4n) is 5.57. The van der Waals surface area contributed by atoms with E-state index < -0.39 is 100 Å². The maximum atomic E-state index is 15.1. The van der Waals surface area contributed by atoms with Crippen LogP contribution in [0.15, 0.2) is 115 Å². The van der Waals surface area contributed by atoms with Crippen molar-refractivity contribution in [1.29, 1.82) is 0 Å². The van der Waals surface area contributed by atoms with Gasteiger partial charge in [0.1, 0.15) is 23.2 Å². The van der Waals surface area contributed by atoms with E-state index in [9.17, 15) is 67.1 Å². The summed E-state index contributed by atoms with van der Waals surface area (Å²) in [5.41, 5.74) is -5.89. The number of hydrogen-bond acceptors (Lipinski definition) is 4. The molecule has 7 nitrogen and oxygen atoms in total. The van der Waals surface area contributed by atoms with Gasteiger partial charge in [-0.3, -0.25) is 19.7 Å². The molecule has 318 valence electrons. The van der Waals surface area contributed by atoms with Crippen LogP contribution in [0.4, 0.5) is 57.1 Å². The van der Waals surface area contributed by atoms with Gasteiger partial charge >= 0.3 is 25.0 Å². The molecule has 5 rings (SSSR count). The first-order valence-corrected chi connectivity index (χ1v) is 16.8. The smallest absolute Gasteiger partial charge is 0.428 e. The second-order valence-electron chi connectivity index (χ2n) is 12.4. The lowest BCUT2D eigenvalue weighted by molar-refractivity contribution is -0.253. The topological polar surface area (TPSA) is 96.5 Å².